The van der Waals surface area contributed by atoms with Crippen LogP contribution in [0.25, 0.3) is 6.08 Å². The van der Waals surface area contributed by atoms with E-state index in [-0.39, 0.29) is 0 Å². The van der Waals surface area contributed by atoms with Crippen molar-refractivity contribution in [1.82, 2.24) is 5.32 Å². The van der Waals surface area contributed by atoms with Crippen LogP contribution in [-0.2, 0) is 9.59 Å². The number of rotatable bonds is 5. The van der Waals surface area contributed by atoms with Gasteiger partial charge in [-0.05, 0) is 25.1 Å². The van der Waals surface area contributed by atoms with Gasteiger partial charge in [0, 0.05) is 11.6 Å². The average Bonchev–Trinajstić information content (AvgIpc) is 2.34. The molecule has 96 valence electrons. The first kappa shape index (κ1) is 13.8. The zero-order valence-corrected chi connectivity index (χ0v) is 10.3. The molecule has 1 rings (SSSR count). The van der Waals surface area contributed by atoms with Crippen LogP contribution in [0.4, 0.5) is 0 Å². The summed E-state index contributed by atoms with van der Waals surface area (Å²) in [5.74, 6) is -0.881. The average molecular weight is 249 g/mol. The van der Waals surface area contributed by atoms with E-state index < -0.39 is 18.4 Å². The summed E-state index contributed by atoms with van der Waals surface area (Å²) in [6.45, 7) is 1.54. The highest BCUT2D eigenvalue weighted by atomic mass is 16.5. The van der Waals surface area contributed by atoms with Crippen molar-refractivity contribution < 1.29 is 19.4 Å². The van der Waals surface area contributed by atoms with Crippen LogP contribution in [0.1, 0.15) is 11.1 Å². The van der Waals surface area contributed by atoms with Crippen molar-refractivity contribution in [3.8, 4) is 5.75 Å². The Morgan fingerprint density at radius 3 is 2.78 bits per heavy atom. The molecule has 0 aliphatic carbocycles. The topological polar surface area (TPSA) is 75.6 Å². The molecular formula is C13H15NO4. The second kappa shape index (κ2) is 6.44. The van der Waals surface area contributed by atoms with Gasteiger partial charge in [-0.1, -0.05) is 11.6 Å². The van der Waals surface area contributed by atoms with Crippen LogP contribution in [-0.4, -0.2) is 30.6 Å². The number of hydrogen-bond donors (Lipinski definition) is 2. The number of hydrogen-bond acceptors (Lipinski definition) is 3. The minimum absolute atomic E-state index is 0.395. The van der Waals surface area contributed by atoms with Gasteiger partial charge in [-0.15, -0.1) is 0 Å². The molecule has 1 aromatic rings. The highest BCUT2D eigenvalue weighted by Crippen LogP contribution is 2.20. The van der Waals surface area contributed by atoms with Crippen molar-refractivity contribution in [1.29, 1.82) is 0 Å². The lowest BCUT2D eigenvalue weighted by atomic mass is 10.1. The Balaban J connectivity index is 2.74. The minimum atomic E-state index is -1.08. The van der Waals surface area contributed by atoms with Gasteiger partial charge >= 0.3 is 5.97 Å². The van der Waals surface area contributed by atoms with Crippen LogP contribution in [0.15, 0.2) is 24.3 Å². The maximum Gasteiger partial charge on any atom is 0.322 e. The normalized spacial score (nSPS) is 10.3. The number of carboxylic acid groups (broad SMARTS) is 1. The van der Waals surface area contributed by atoms with Crippen molar-refractivity contribution in [3.05, 3.63) is 35.4 Å². The standard InChI is InChI=1S/C13H15NO4/c1-9-3-5-11(18-2)10(7-9)4-6-12(15)14-8-13(16)17/h3-7H,8H2,1-2H3,(H,14,15)(H,16,17)/b6-4+. The second-order valence-electron chi connectivity index (χ2n) is 3.69. The molecule has 1 aromatic carbocycles. The lowest BCUT2D eigenvalue weighted by Gasteiger charge is -2.05. The van der Waals surface area contributed by atoms with Crippen molar-refractivity contribution >= 4 is 18.0 Å². The molecule has 1 amide bonds. The maximum absolute atomic E-state index is 11.3. The smallest absolute Gasteiger partial charge is 0.322 e. The number of amides is 1. The third-order valence-corrected chi connectivity index (χ3v) is 2.21. The SMILES string of the molecule is COc1ccc(C)cc1/C=C/C(=O)NCC(=O)O. The lowest BCUT2D eigenvalue weighted by Crippen LogP contribution is -2.27. The summed E-state index contributed by atoms with van der Waals surface area (Å²) >= 11 is 0. The fourth-order valence-corrected chi connectivity index (χ4v) is 1.37. The first-order valence-electron chi connectivity index (χ1n) is 5.35. The third kappa shape index (κ3) is 4.29. The van der Waals surface area contributed by atoms with Crippen LogP contribution >= 0.6 is 0 Å². The van der Waals surface area contributed by atoms with Gasteiger partial charge in [0.2, 0.25) is 5.91 Å². The van der Waals surface area contributed by atoms with Gasteiger partial charge in [-0.2, -0.15) is 0 Å². The fraction of sp³-hybridized carbons (Fsp3) is 0.231. The molecule has 2 N–H and O–H groups in total. The third-order valence-electron chi connectivity index (χ3n) is 2.21. The van der Waals surface area contributed by atoms with E-state index in [9.17, 15) is 9.59 Å². The number of ether oxygens (including phenoxy) is 1. The largest absolute Gasteiger partial charge is 0.496 e. The van der Waals surface area contributed by atoms with Crippen molar-refractivity contribution in [2.75, 3.05) is 13.7 Å². The fourth-order valence-electron chi connectivity index (χ4n) is 1.37. The molecule has 0 aromatic heterocycles. The number of aliphatic carboxylic acids is 1. The summed E-state index contributed by atoms with van der Waals surface area (Å²) in [6.07, 6.45) is 2.86. The summed E-state index contributed by atoms with van der Waals surface area (Å²) in [7, 11) is 1.55. The Bertz CT molecular complexity index is 480. The van der Waals surface area contributed by atoms with Crippen LogP contribution in [0, 0.1) is 6.92 Å². The molecule has 5 heteroatoms. The molecule has 0 fully saturated rings. The molecule has 0 saturated carbocycles. The molecule has 0 aliphatic rings. The molecule has 0 bridgehead atoms. The summed E-state index contributed by atoms with van der Waals surface area (Å²) in [5, 5.41) is 10.6. The maximum atomic E-state index is 11.3. The zero-order chi connectivity index (χ0) is 13.5. The van der Waals surface area contributed by atoms with Crippen molar-refractivity contribution in [2.45, 2.75) is 6.92 Å². The summed E-state index contributed by atoms with van der Waals surface area (Å²) in [6, 6.07) is 5.59. The summed E-state index contributed by atoms with van der Waals surface area (Å²) in [5.41, 5.74) is 1.81. The molecule has 0 radical (unpaired) electrons. The number of aryl methyl sites for hydroxylation is 1. The van der Waals surface area contributed by atoms with Gasteiger partial charge in [-0.3, -0.25) is 9.59 Å². The molecule has 0 heterocycles. The molecule has 18 heavy (non-hydrogen) atoms. The summed E-state index contributed by atoms with van der Waals surface area (Å²) < 4.78 is 5.15. The Labute approximate surface area is 105 Å². The molecular weight excluding hydrogens is 234 g/mol. The molecule has 0 spiro atoms. The van der Waals surface area contributed by atoms with E-state index in [0.717, 1.165) is 11.1 Å². The second-order valence-corrected chi connectivity index (χ2v) is 3.69. The van der Waals surface area contributed by atoms with E-state index in [1.54, 1.807) is 13.2 Å². The van der Waals surface area contributed by atoms with Crippen LogP contribution in [0.3, 0.4) is 0 Å². The Morgan fingerprint density at radius 2 is 2.17 bits per heavy atom. The highest BCUT2D eigenvalue weighted by molar-refractivity contribution is 5.93. The molecule has 0 atom stereocenters. The quantitative estimate of drug-likeness (QED) is 0.769. The van der Waals surface area contributed by atoms with Gasteiger partial charge < -0.3 is 15.2 Å². The predicted molar refractivity (Wildman–Crippen MR) is 67.4 cm³/mol. The monoisotopic (exact) mass is 249 g/mol. The Hall–Kier alpha value is -2.30. The Morgan fingerprint density at radius 1 is 1.44 bits per heavy atom. The number of nitrogens with one attached hydrogen (secondary N) is 1. The zero-order valence-electron chi connectivity index (χ0n) is 10.3. The number of benzene rings is 1. The predicted octanol–water partition coefficient (Wildman–Crippen LogP) is 1.22. The van der Waals surface area contributed by atoms with E-state index in [0.29, 0.717) is 5.75 Å². The van der Waals surface area contributed by atoms with E-state index in [2.05, 4.69) is 5.32 Å². The van der Waals surface area contributed by atoms with Crippen molar-refractivity contribution in [2.24, 2.45) is 0 Å². The van der Waals surface area contributed by atoms with Crippen LogP contribution < -0.4 is 10.1 Å². The Kier molecular flexibility index (Phi) is 4.92. The molecule has 5 nitrogen and oxygen atoms in total. The molecule has 0 unspecified atom stereocenters. The van der Waals surface area contributed by atoms with Gasteiger partial charge in [0.05, 0.1) is 7.11 Å². The first-order chi connectivity index (χ1) is 8.52. The van der Waals surface area contributed by atoms with E-state index in [1.165, 1.54) is 6.08 Å². The van der Waals surface area contributed by atoms with Crippen LogP contribution in [0.2, 0.25) is 0 Å². The van der Waals surface area contributed by atoms with E-state index in [4.69, 9.17) is 9.84 Å². The van der Waals surface area contributed by atoms with Crippen LogP contribution in [0.5, 0.6) is 5.75 Å². The highest BCUT2D eigenvalue weighted by Gasteiger charge is 2.02. The summed E-state index contributed by atoms with van der Waals surface area (Å²) in [4.78, 5) is 21.6. The minimum Gasteiger partial charge on any atom is -0.496 e. The number of carbonyl (C=O) groups excluding carboxylic acids is 1. The van der Waals surface area contributed by atoms with Crippen molar-refractivity contribution in [3.63, 3.8) is 0 Å². The number of methoxy groups -OCH3 is 1. The molecule has 0 saturated heterocycles. The lowest BCUT2D eigenvalue weighted by molar-refractivity contribution is -0.137. The van der Waals surface area contributed by atoms with E-state index >= 15 is 0 Å². The number of carbonyl (C=O) groups is 2. The van der Waals surface area contributed by atoms with Gasteiger partial charge in [0.25, 0.3) is 0 Å². The van der Waals surface area contributed by atoms with Gasteiger partial charge in [-0.25, -0.2) is 0 Å². The van der Waals surface area contributed by atoms with Gasteiger partial charge in [0.1, 0.15) is 12.3 Å². The molecule has 0 aliphatic heterocycles. The van der Waals surface area contributed by atoms with Gasteiger partial charge in [0.15, 0.2) is 0 Å². The van der Waals surface area contributed by atoms with E-state index in [1.807, 2.05) is 25.1 Å². The number of carboxylic acids is 1. The first-order valence-corrected chi connectivity index (χ1v) is 5.35.